The number of aromatic amines is 1. The van der Waals surface area contributed by atoms with E-state index in [0.29, 0.717) is 30.9 Å². The number of hydrogen-bond donors (Lipinski definition) is 3. The molecule has 3 rings (SSSR count). The van der Waals surface area contributed by atoms with E-state index in [4.69, 9.17) is 4.74 Å². The van der Waals surface area contributed by atoms with Gasteiger partial charge >= 0.3 is 0 Å². The van der Waals surface area contributed by atoms with Gasteiger partial charge in [0.1, 0.15) is 11.6 Å². The van der Waals surface area contributed by atoms with Crippen molar-refractivity contribution in [3.8, 4) is 17.0 Å². The number of halogens is 1. The molecule has 0 aliphatic heterocycles. The van der Waals surface area contributed by atoms with Gasteiger partial charge in [0.25, 0.3) is 0 Å². The van der Waals surface area contributed by atoms with E-state index in [-0.39, 0.29) is 11.7 Å². The first-order chi connectivity index (χ1) is 13.2. The molecule has 0 saturated heterocycles. The Morgan fingerprint density at radius 2 is 1.96 bits per heavy atom. The number of carbonyl (C=O) groups excluding carboxylic acids is 1. The summed E-state index contributed by atoms with van der Waals surface area (Å²) in [4.78, 5) is 12.1. The highest BCUT2D eigenvalue weighted by atomic mass is 19.1. The summed E-state index contributed by atoms with van der Waals surface area (Å²) in [6, 6.07) is 13.5. The van der Waals surface area contributed by atoms with Crippen molar-refractivity contribution in [2.75, 3.05) is 19.0 Å². The first kappa shape index (κ1) is 18.6. The number of rotatable bonds is 8. The van der Waals surface area contributed by atoms with E-state index in [1.54, 1.807) is 37.6 Å². The largest absolute Gasteiger partial charge is 0.495 e. The number of carbonyl (C=O) groups is 1. The summed E-state index contributed by atoms with van der Waals surface area (Å²) in [6.45, 7) is 1.06. The van der Waals surface area contributed by atoms with E-state index < -0.39 is 0 Å². The highest BCUT2D eigenvalue weighted by Gasteiger charge is 2.09. The molecule has 1 heterocycles. The van der Waals surface area contributed by atoms with Crippen LogP contribution in [0.1, 0.15) is 12.0 Å². The maximum absolute atomic E-state index is 13.1. The zero-order valence-electron chi connectivity index (χ0n) is 15.0. The van der Waals surface area contributed by atoms with Crippen molar-refractivity contribution in [2.24, 2.45) is 0 Å². The Morgan fingerprint density at radius 3 is 2.74 bits per heavy atom. The topological polar surface area (TPSA) is 79.0 Å². The van der Waals surface area contributed by atoms with E-state index in [0.717, 1.165) is 16.8 Å². The normalized spacial score (nSPS) is 10.6. The monoisotopic (exact) mass is 368 g/mol. The lowest BCUT2D eigenvalue weighted by Gasteiger charge is -2.10. The molecule has 2 aromatic carbocycles. The summed E-state index contributed by atoms with van der Waals surface area (Å²) in [7, 11) is 1.57. The van der Waals surface area contributed by atoms with Crippen LogP contribution in [0.15, 0.2) is 54.7 Å². The highest BCUT2D eigenvalue weighted by molar-refractivity contribution is 5.92. The molecule has 0 fully saturated rings. The zero-order valence-corrected chi connectivity index (χ0v) is 15.0. The SMILES string of the molecule is COc1ccccc1NC(=O)CCNCc1cn[nH]c1-c1ccc(F)cc1. The predicted octanol–water partition coefficient (Wildman–Crippen LogP) is 3.34. The average molecular weight is 368 g/mol. The summed E-state index contributed by atoms with van der Waals surface area (Å²) >= 11 is 0. The highest BCUT2D eigenvalue weighted by Crippen LogP contribution is 2.23. The maximum Gasteiger partial charge on any atom is 0.225 e. The minimum absolute atomic E-state index is 0.0991. The fourth-order valence-electron chi connectivity index (χ4n) is 2.70. The first-order valence-corrected chi connectivity index (χ1v) is 8.59. The van der Waals surface area contributed by atoms with Gasteiger partial charge in [-0.2, -0.15) is 5.10 Å². The molecule has 0 bridgehead atoms. The Hall–Kier alpha value is -3.19. The molecule has 1 aromatic heterocycles. The van der Waals surface area contributed by atoms with Crippen molar-refractivity contribution in [2.45, 2.75) is 13.0 Å². The minimum atomic E-state index is -0.279. The Morgan fingerprint density at radius 1 is 1.19 bits per heavy atom. The van der Waals surface area contributed by atoms with Crippen LogP contribution in [0.3, 0.4) is 0 Å². The fourth-order valence-corrected chi connectivity index (χ4v) is 2.70. The maximum atomic E-state index is 13.1. The number of para-hydroxylation sites is 2. The Kier molecular flexibility index (Phi) is 6.17. The minimum Gasteiger partial charge on any atom is -0.495 e. The average Bonchev–Trinajstić information content (AvgIpc) is 3.15. The third-order valence-corrected chi connectivity index (χ3v) is 4.08. The fraction of sp³-hybridized carbons (Fsp3) is 0.200. The molecule has 0 atom stereocenters. The zero-order chi connectivity index (χ0) is 19.1. The molecule has 27 heavy (non-hydrogen) atoms. The standard InChI is InChI=1S/C20H21FN4O2/c1-27-18-5-3-2-4-17(18)24-19(26)10-11-22-12-15-13-23-25-20(15)14-6-8-16(21)9-7-14/h2-9,13,22H,10-12H2,1H3,(H,23,25)(H,24,26). The van der Waals surface area contributed by atoms with Gasteiger partial charge in [0, 0.05) is 30.6 Å². The van der Waals surface area contributed by atoms with Crippen molar-refractivity contribution >= 4 is 11.6 Å². The summed E-state index contributed by atoms with van der Waals surface area (Å²) in [5, 5.41) is 13.1. The summed E-state index contributed by atoms with van der Waals surface area (Å²) in [5.74, 6) is 0.248. The number of nitrogens with zero attached hydrogens (tertiary/aromatic N) is 1. The van der Waals surface area contributed by atoms with Crippen LogP contribution in [0.4, 0.5) is 10.1 Å². The number of benzene rings is 2. The number of aromatic nitrogens is 2. The Balaban J connectivity index is 1.49. The number of amides is 1. The molecule has 0 aliphatic rings. The molecule has 3 aromatic rings. The van der Waals surface area contributed by atoms with E-state index in [2.05, 4.69) is 20.8 Å². The molecule has 1 amide bonds. The van der Waals surface area contributed by atoms with Gasteiger partial charge in [-0.25, -0.2) is 4.39 Å². The van der Waals surface area contributed by atoms with Gasteiger partial charge in [0.2, 0.25) is 5.91 Å². The predicted molar refractivity (Wildman–Crippen MR) is 102 cm³/mol. The first-order valence-electron chi connectivity index (χ1n) is 8.59. The second-order valence-corrected chi connectivity index (χ2v) is 5.95. The van der Waals surface area contributed by atoms with E-state index >= 15 is 0 Å². The second-order valence-electron chi connectivity index (χ2n) is 5.95. The van der Waals surface area contributed by atoms with Crippen molar-refractivity contribution in [1.82, 2.24) is 15.5 Å². The molecular formula is C20H21FN4O2. The van der Waals surface area contributed by atoms with E-state index in [1.165, 1.54) is 12.1 Å². The van der Waals surface area contributed by atoms with Crippen molar-refractivity contribution in [1.29, 1.82) is 0 Å². The summed E-state index contributed by atoms with van der Waals surface area (Å²) < 4.78 is 18.3. The van der Waals surface area contributed by atoms with Gasteiger partial charge in [-0.15, -0.1) is 0 Å². The van der Waals surface area contributed by atoms with Crippen LogP contribution in [-0.2, 0) is 11.3 Å². The number of hydrogen-bond acceptors (Lipinski definition) is 4. The van der Waals surface area contributed by atoms with Gasteiger partial charge in [-0.05, 0) is 36.4 Å². The summed E-state index contributed by atoms with van der Waals surface area (Å²) in [6.07, 6.45) is 2.04. The van der Waals surface area contributed by atoms with Crippen molar-refractivity contribution in [3.05, 3.63) is 66.1 Å². The molecule has 0 unspecified atom stereocenters. The lowest BCUT2D eigenvalue weighted by molar-refractivity contribution is -0.116. The molecule has 0 saturated carbocycles. The van der Waals surface area contributed by atoms with Crippen LogP contribution in [0, 0.1) is 5.82 Å². The summed E-state index contributed by atoms with van der Waals surface area (Å²) in [5.41, 5.74) is 3.30. The number of nitrogens with one attached hydrogen (secondary N) is 3. The molecule has 7 heteroatoms. The molecule has 140 valence electrons. The number of anilines is 1. The van der Waals surface area contributed by atoms with Crippen LogP contribution in [0.5, 0.6) is 5.75 Å². The van der Waals surface area contributed by atoms with E-state index in [9.17, 15) is 9.18 Å². The van der Waals surface area contributed by atoms with Crippen LogP contribution < -0.4 is 15.4 Å². The quantitative estimate of drug-likeness (QED) is 0.533. The molecule has 0 radical (unpaired) electrons. The van der Waals surface area contributed by atoms with E-state index in [1.807, 2.05) is 12.1 Å². The van der Waals surface area contributed by atoms with Gasteiger partial charge in [-0.1, -0.05) is 12.1 Å². The van der Waals surface area contributed by atoms with Gasteiger partial charge in [-0.3, -0.25) is 9.89 Å². The number of H-pyrrole nitrogens is 1. The van der Waals surface area contributed by atoms with Gasteiger partial charge < -0.3 is 15.4 Å². The number of methoxy groups -OCH3 is 1. The van der Waals surface area contributed by atoms with Crippen molar-refractivity contribution < 1.29 is 13.9 Å². The third-order valence-electron chi connectivity index (χ3n) is 4.08. The van der Waals surface area contributed by atoms with Crippen LogP contribution in [0.25, 0.3) is 11.3 Å². The molecule has 0 aliphatic carbocycles. The smallest absolute Gasteiger partial charge is 0.225 e. The molecular weight excluding hydrogens is 347 g/mol. The lowest BCUT2D eigenvalue weighted by atomic mass is 10.1. The lowest BCUT2D eigenvalue weighted by Crippen LogP contribution is -2.21. The molecule has 6 nitrogen and oxygen atoms in total. The van der Waals surface area contributed by atoms with Crippen molar-refractivity contribution in [3.63, 3.8) is 0 Å². The molecule has 0 spiro atoms. The number of ether oxygens (including phenoxy) is 1. The van der Waals surface area contributed by atoms with Crippen LogP contribution in [-0.4, -0.2) is 29.8 Å². The Bertz CT molecular complexity index is 893. The van der Waals surface area contributed by atoms with Gasteiger partial charge in [0.15, 0.2) is 0 Å². The third kappa shape index (κ3) is 4.92. The second kappa shape index (κ2) is 8.95. The molecule has 3 N–H and O–H groups in total. The van der Waals surface area contributed by atoms with Gasteiger partial charge in [0.05, 0.1) is 24.7 Å². The van der Waals surface area contributed by atoms with Crippen LogP contribution in [0.2, 0.25) is 0 Å². The van der Waals surface area contributed by atoms with Crippen LogP contribution >= 0.6 is 0 Å². The Labute approximate surface area is 156 Å².